The molecule has 6 heteroatoms. The summed E-state index contributed by atoms with van der Waals surface area (Å²) in [6, 6.07) is 9.69. The van der Waals surface area contributed by atoms with Gasteiger partial charge < -0.3 is 19.8 Å². The van der Waals surface area contributed by atoms with Gasteiger partial charge >= 0.3 is 0 Å². The zero-order chi connectivity index (χ0) is 16.9. The van der Waals surface area contributed by atoms with Crippen LogP contribution in [0.15, 0.2) is 36.5 Å². The van der Waals surface area contributed by atoms with Crippen molar-refractivity contribution in [3.63, 3.8) is 0 Å². The van der Waals surface area contributed by atoms with Crippen LogP contribution in [0, 0.1) is 0 Å². The topological polar surface area (TPSA) is 66.6 Å². The number of rotatable bonds is 6. The van der Waals surface area contributed by atoms with Gasteiger partial charge in [-0.2, -0.15) is 0 Å². The average Bonchev–Trinajstić information content (AvgIpc) is 3.26. The van der Waals surface area contributed by atoms with Crippen LogP contribution in [0.1, 0.15) is 22.5 Å². The monoisotopic (exact) mass is 329 g/mol. The summed E-state index contributed by atoms with van der Waals surface area (Å²) >= 11 is 0. The second kappa shape index (κ2) is 7.40. The number of hydrogen-bond acceptors (Lipinski definition) is 4. The minimum Gasteiger partial charge on any atom is -0.497 e. The fourth-order valence-electron chi connectivity index (χ4n) is 3.04. The molecule has 2 heterocycles. The zero-order valence-electron chi connectivity index (χ0n) is 14.0. The first-order chi connectivity index (χ1) is 11.7. The van der Waals surface area contributed by atoms with Gasteiger partial charge in [0.25, 0.3) is 5.91 Å². The van der Waals surface area contributed by atoms with E-state index in [1.165, 1.54) is 0 Å². The molecule has 1 amide bonds. The summed E-state index contributed by atoms with van der Waals surface area (Å²) in [6.45, 7) is 2.60. The highest BCUT2D eigenvalue weighted by Crippen LogP contribution is 2.24. The van der Waals surface area contributed by atoms with Crippen LogP contribution in [-0.4, -0.2) is 49.1 Å². The predicted molar refractivity (Wildman–Crippen MR) is 91.5 cm³/mol. The number of carbonyl (C=O) groups is 1. The Morgan fingerprint density at radius 1 is 1.29 bits per heavy atom. The molecule has 0 spiro atoms. The molecule has 128 valence electrons. The highest BCUT2D eigenvalue weighted by molar-refractivity contribution is 5.92. The molecule has 1 fully saturated rings. The van der Waals surface area contributed by atoms with E-state index in [0.717, 1.165) is 43.1 Å². The molecule has 1 aromatic heterocycles. The number of H-pyrrole nitrogens is 1. The third kappa shape index (κ3) is 3.89. The maximum atomic E-state index is 12.1. The molecule has 2 N–H and O–H groups in total. The minimum absolute atomic E-state index is 0.0464. The van der Waals surface area contributed by atoms with E-state index in [-0.39, 0.29) is 11.9 Å². The lowest BCUT2D eigenvalue weighted by molar-refractivity contribution is 0.0933. The molecule has 1 aliphatic rings. The maximum Gasteiger partial charge on any atom is 0.267 e. The van der Waals surface area contributed by atoms with Gasteiger partial charge in [0.1, 0.15) is 17.2 Å². The quantitative estimate of drug-likeness (QED) is 0.851. The van der Waals surface area contributed by atoms with Gasteiger partial charge in [0, 0.05) is 37.9 Å². The largest absolute Gasteiger partial charge is 0.497 e. The molecule has 1 saturated heterocycles. The van der Waals surface area contributed by atoms with E-state index in [0.29, 0.717) is 5.69 Å². The fraction of sp³-hybridized carbons (Fsp3) is 0.389. The Labute approximate surface area is 141 Å². The molecule has 24 heavy (non-hydrogen) atoms. The van der Waals surface area contributed by atoms with Crippen LogP contribution in [0.4, 0.5) is 0 Å². The molecule has 1 atom stereocenters. The number of amides is 1. The number of ether oxygens (including phenoxy) is 2. The van der Waals surface area contributed by atoms with Gasteiger partial charge in [-0.1, -0.05) is 0 Å². The Hall–Kier alpha value is -2.47. The van der Waals surface area contributed by atoms with Crippen LogP contribution >= 0.6 is 0 Å². The van der Waals surface area contributed by atoms with Crippen LogP contribution in [-0.2, 0) is 6.54 Å². The van der Waals surface area contributed by atoms with E-state index >= 15 is 0 Å². The average molecular weight is 329 g/mol. The molecule has 0 aliphatic carbocycles. The molecule has 0 radical (unpaired) electrons. The molecule has 2 aromatic rings. The van der Waals surface area contributed by atoms with E-state index < -0.39 is 0 Å². The SMILES string of the molecule is COc1cc(CN2CC[C@H](NC(=O)c3ccc[nH]3)C2)cc(OC)c1. The molecule has 3 rings (SSSR count). The predicted octanol–water partition coefficient (Wildman–Crippen LogP) is 2.04. The maximum absolute atomic E-state index is 12.1. The van der Waals surface area contributed by atoms with Gasteiger partial charge in [-0.05, 0) is 36.2 Å². The molecular weight excluding hydrogens is 306 g/mol. The van der Waals surface area contributed by atoms with E-state index in [4.69, 9.17) is 9.47 Å². The summed E-state index contributed by atoms with van der Waals surface area (Å²) in [5, 5.41) is 3.08. The molecule has 0 bridgehead atoms. The lowest BCUT2D eigenvalue weighted by Gasteiger charge is -2.17. The van der Waals surface area contributed by atoms with Crippen LogP contribution < -0.4 is 14.8 Å². The van der Waals surface area contributed by atoms with Gasteiger partial charge in [-0.25, -0.2) is 0 Å². The summed E-state index contributed by atoms with van der Waals surface area (Å²) in [4.78, 5) is 17.4. The Balaban J connectivity index is 1.57. The number of aromatic amines is 1. The standard InChI is InChI=1S/C18H23N3O3/c1-23-15-8-13(9-16(10-15)24-2)11-21-7-5-14(12-21)20-18(22)17-4-3-6-19-17/h3-4,6,8-10,14,19H,5,7,11-12H2,1-2H3,(H,20,22)/t14-/m0/s1. The molecule has 0 saturated carbocycles. The Morgan fingerprint density at radius 2 is 2.04 bits per heavy atom. The van der Waals surface area contributed by atoms with Crippen molar-refractivity contribution in [1.29, 1.82) is 0 Å². The number of nitrogens with one attached hydrogen (secondary N) is 2. The van der Waals surface area contributed by atoms with Crippen LogP contribution in [0.2, 0.25) is 0 Å². The highest BCUT2D eigenvalue weighted by Gasteiger charge is 2.24. The summed E-state index contributed by atoms with van der Waals surface area (Å²) in [5.41, 5.74) is 1.74. The number of aromatic nitrogens is 1. The number of benzene rings is 1. The van der Waals surface area contributed by atoms with Crippen LogP contribution in [0.5, 0.6) is 11.5 Å². The van der Waals surface area contributed by atoms with Crippen molar-refractivity contribution in [3.05, 3.63) is 47.8 Å². The van der Waals surface area contributed by atoms with E-state index in [1.807, 2.05) is 24.3 Å². The Bertz CT molecular complexity index is 663. The summed E-state index contributed by atoms with van der Waals surface area (Å²) in [7, 11) is 3.31. The number of hydrogen-bond donors (Lipinski definition) is 2. The first-order valence-electron chi connectivity index (χ1n) is 8.06. The summed E-state index contributed by atoms with van der Waals surface area (Å²) in [6.07, 6.45) is 2.71. The van der Waals surface area contributed by atoms with Crippen LogP contribution in [0.3, 0.4) is 0 Å². The van der Waals surface area contributed by atoms with Crippen molar-refractivity contribution in [2.75, 3.05) is 27.3 Å². The molecule has 1 aliphatic heterocycles. The van der Waals surface area contributed by atoms with Gasteiger partial charge in [0.15, 0.2) is 0 Å². The minimum atomic E-state index is -0.0464. The van der Waals surface area contributed by atoms with Crippen molar-refractivity contribution in [2.24, 2.45) is 0 Å². The van der Waals surface area contributed by atoms with E-state index in [9.17, 15) is 4.79 Å². The molecule has 6 nitrogen and oxygen atoms in total. The summed E-state index contributed by atoms with van der Waals surface area (Å²) in [5.74, 6) is 1.54. The van der Waals surface area contributed by atoms with Gasteiger partial charge in [-0.15, -0.1) is 0 Å². The molecule has 0 unspecified atom stereocenters. The van der Waals surface area contributed by atoms with Crippen molar-refractivity contribution in [2.45, 2.75) is 19.0 Å². The first kappa shape index (κ1) is 16.4. The first-order valence-corrected chi connectivity index (χ1v) is 8.06. The highest BCUT2D eigenvalue weighted by atomic mass is 16.5. The second-order valence-electron chi connectivity index (χ2n) is 6.00. The fourth-order valence-corrected chi connectivity index (χ4v) is 3.04. The third-order valence-corrected chi connectivity index (χ3v) is 4.27. The van der Waals surface area contributed by atoms with Gasteiger partial charge in [0.05, 0.1) is 14.2 Å². The molecular formula is C18H23N3O3. The van der Waals surface area contributed by atoms with E-state index in [2.05, 4.69) is 15.2 Å². The van der Waals surface area contributed by atoms with Crippen molar-refractivity contribution >= 4 is 5.91 Å². The van der Waals surface area contributed by atoms with Crippen molar-refractivity contribution < 1.29 is 14.3 Å². The van der Waals surface area contributed by atoms with Gasteiger partial charge in [-0.3, -0.25) is 9.69 Å². The Kier molecular flexibility index (Phi) is 5.05. The van der Waals surface area contributed by atoms with Gasteiger partial charge in [0.2, 0.25) is 0 Å². The Morgan fingerprint density at radius 3 is 2.67 bits per heavy atom. The zero-order valence-corrected chi connectivity index (χ0v) is 14.0. The van der Waals surface area contributed by atoms with Crippen molar-refractivity contribution in [3.8, 4) is 11.5 Å². The normalized spacial score (nSPS) is 17.7. The lowest BCUT2D eigenvalue weighted by atomic mass is 10.2. The van der Waals surface area contributed by atoms with Crippen LogP contribution in [0.25, 0.3) is 0 Å². The number of likely N-dealkylation sites (tertiary alicyclic amines) is 1. The lowest BCUT2D eigenvalue weighted by Crippen LogP contribution is -2.37. The third-order valence-electron chi connectivity index (χ3n) is 4.27. The number of nitrogens with zero attached hydrogens (tertiary/aromatic N) is 1. The molecule has 1 aromatic carbocycles. The smallest absolute Gasteiger partial charge is 0.267 e. The second-order valence-corrected chi connectivity index (χ2v) is 6.00. The van der Waals surface area contributed by atoms with Crippen molar-refractivity contribution in [1.82, 2.24) is 15.2 Å². The number of methoxy groups -OCH3 is 2. The van der Waals surface area contributed by atoms with E-state index in [1.54, 1.807) is 26.5 Å². The number of carbonyl (C=O) groups excluding carboxylic acids is 1. The summed E-state index contributed by atoms with van der Waals surface area (Å²) < 4.78 is 10.6.